The molecule has 218 valence electrons. The van der Waals surface area contributed by atoms with Gasteiger partial charge in [0.25, 0.3) is 11.8 Å². The predicted octanol–water partition coefficient (Wildman–Crippen LogP) is 6.09. The number of aliphatic carboxylic acids is 1. The van der Waals surface area contributed by atoms with Gasteiger partial charge in [-0.15, -0.1) is 0 Å². The van der Waals surface area contributed by atoms with Gasteiger partial charge in [-0.05, 0) is 74.7 Å². The van der Waals surface area contributed by atoms with E-state index < -0.39 is 23.7 Å². The van der Waals surface area contributed by atoms with E-state index in [0.29, 0.717) is 59.4 Å². The molecule has 1 aromatic heterocycles. The largest absolute Gasteiger partial charge is 0.481 e. The van der Waals surface area contributed by atoms with Gasteiger partial charge in [-0.1, -0.05) is 18.6 Å². The summed E-state index contributed by atoms with van der Waals surface area (Å²) in [6.07, 6.45) is 1.93. The Hall–Kier alpha value is -4.66. The fourth-order valence-corrected chi connectivity index (χ4v) is 5.85. The lowest BCUT2D eigenvalue weighted by Gasteiger charge is -2.24. The minimum atomic E-state index is -0.893. The first-order chi connectivity index (χ1) is 20.2. The fraction of sp³-hybridized carbons (Fsp3) is 0.303. The first kappa shape index (κ1) is 28.9. The number of carbonyl (C=O) groups excluding carboxylic acids is 2. The second-order valence-electron chi connectivity index (χ2n) is 10.5. The Morgan fingerprint density at radius 1 is 0.976 bits per heavy atom. The molecule has 0 radical (unpaired) electrons. The number of fused-ring (bicyclic) bond motifs is 1. The number of benzene rings is 3. The van der Waals surface area contributed by atoms with Crippen LogP contribution in [0.5, 0.6) is 0 Å². The molecule has 5 rings (SSSR count). The summed E-state index contributed by atoms with van der Waals surface area (Å²) < 4.78 is 19.9. The van der Waals surface area contributed by atoms with Crippen LogP contribution in [-0.2, 0) is 4.79 Å². The normalized spacial score (nSPS) is 16.4. The van der Waals surface area contributed by atoms with Gasteiger partial charge in [-0.25, -0.2) is 4.39 Å². The van der Waals surface area contributed by atoms with Crippen molar-refractivity contribution >= 4 is 34.4 Å². The second kappa shape index (κ2) is 12.1. The maximum atomic E-state index is 13.7. The molecule has 2 amide bonds. The molecule has 1 saturated carbocycles. The molecular formula is C33H34FN3O5. The summed E-state index contributed by atoms with van der Waals surface area (Å²) in [5.41, 5.74) is 4.27. The molecule has 0 aliphatic heterocycles. The van der Waals surface area contributed by atoms with Crippen LogP contribution in [0.1, 0.15) is 53.8 Å². The van der Waals surface area contributed by atoms with Crippen molar-refractivity contribution in [1.29, 1.82) is 0 Å². The summed E-state index contributed by atoms with van der Waals surface area (Å²) >= 11 is 0. The van der Waals surface area contributed by atoms with Crippen molar-refractivity contribution in [2.24, 2.45) is 5.92 Å². The van der Waals surface area contributed by atoms with Crippen LogP contribution in [0.4, 0.5) is 10.1 Å². The third-order valence-electron chi connectivity index (χ3n) is 8.06. The molecular weight excluding hydrogens is 537 g/mol. The average molecular weight is 572 g/mol. The molecule has 0 spiro atoms. The molecule has 2 atom stereocenters. The van der Waals surface area contributed by atoms with Crippen molar-refractivity contribution in [3.63, 3.8) is 0 Å². The lowest BCUT2D eigenvalue weighted by molar-refractivity contribution is -0.142. The Morgan fingerprint density at radius 2 is 1.71 bits per heavy atom. The number of halogens is 1. The lowest BCUT2D eigenvalue weighted by atomic mass is 9.96. The SMILES string of the molecule is CCN(CC)c1cc2oc(-c3ccc(F)cc3)c(C(=O)NC)c2cc1-c1cccc(C(=O)N[C@H]2CCCC2C(=O)O)c1. The van der Waals surface area contributed by atoms with Gasteiger partial charge >= 0.3 is 5.97 Å². The molecule has 1 aliphatic rings. The van der Waals surface area contributed by atoms with Crippen LogP contribution in [0.2, 0.25) is 0 Å². The molecule has 1 heterocycles. The van der Waals surface area contributed by atoms with Crippen LogP contribution < -0.4 is 15.5 Å². The second-order valence-corrected chi connectivity index (χ2v) is 10.5. The van der Waals surface area contributed by atoms with Gasteiger partial charge in [0, 0.05) is 60.0 Å². The molecule has 1 fully saturated rings. The predicted molar refractivity (Wildman–Crippen MR) is 160 cm³/mol. The molecule has 4 aromatic rings. The quantitative estimate of drug-likeness (QED) is 0.224. The van der Waals surface area contributed by atoms with Crippen molar-refractivity contribution in [3.05, 3.63) is 77.6 Å². The highest BCUT2D eigenvalue weighted by atomic mass is 19.1. The molecule has 1 unspecified atom stereocenters. The number of nitrogens with one attached hydrogen (secondary N) is 2. The van der Waals surface area contributed by atoms with Crippen LogP contribution in [0, 0.1) is 11.7 Å². The van der Waals surface area contributed by atoms with Crippen LogP contribution in [0.15, 0.2) is 65.1 Å². The Kier molecular flexibility index (Phi) is 8.29. The number of hydrogen-bond acceptors (Lipinski definition) is 5. The zero-order valence-corrected chi connectivity index (χ0v) is 23.9. The maximum absolute atomic E-state index is 13.7. The van der Waals surface area contributed by atoms with Gasteiger partial charge in [-0.3, -0.25) is 14.4 Å². The lowest BCUT2D eigenvalue weighted by Crippen LogP contribution is -2.40. The molecule has 9 heteroatoms. The number of rotatable bonds is 9. The summed E-state index contributed by atoms with van der Waals surface area (Å²) in [5.74, 6) is -2.20. The number of furan rings is 1. The summed E-state index contributed by atoms with van der Waals surface area (Å²) in [4.78, 5) is 40.2. The van der Waals surface area contributed by atoms with Gasteiger partial charge in [-0.2, -0.15) is 0 Å². The summed E-state index contributed by atoms with van der Waals surface area (Å²) in [6, 6.07) is 16.4. The highest BCUT2D eigenvalue weighted by molar-refractivity contribution is 6.13. The van der Waals surface area contributed by atoms with Gasteiger partial charge in [0.15, 0.2) is 0 Å². The molecule has 0 bridgehead atoms. The van der Waals surface area contributed by atoms with Gasteiger partial charge in [0.2, 0.25) is 0 Å². The van der Waals surface area contributed by atoms with E-state index in [1.54, 1.807) is 37.4 Å². The summed E-state index contributed by atoms with van der Waals surface area (Å²) in [5, 5.41) is 15.7. The number of carboxylic acid groups (broad SMARTS) is 1. The van der Waals surface area contributed by atoms with Crippen molar-refractivity contribution in [2.75, 3.05) is 25.0 Å². The topological polar surface area (TPSA) is 112 Å². The number of amides is 2. The van der Waals surface area contributed by atoms with Crippen molar-refractivity contribution < 1.29 is 28.3 Å². The van der Waals surface area contributed by atoms with Gasteiger partial charge < -0.3 is 25.1 Å². The molecule has 3 aromatic carbocycles. The Morgan fingerprint density at radius 3 is 2.38 bits per heavy atom. The van der Waals surface area contributed by atoms with Crippen LogP contribution >= 0.6 is 0 Å². The van der Waals surface area contributed by atoms with Crippen LogP contribution in [0.3, 0.4) is 0 Å². The van der Waals surface area contributed by atoms with E-state index in [9.17, 15) is 23.9 Å². The number of carboxylic acids is 1. The summed E-state index contributed by atoms with van der Waals surface area (Å²) in [7, 11) is 1.54. The first-order valence-corrected chi connectivity index (χ1v) is 14.2. The third kappa shape index (κ3) is 5.46. The minimum Gasteiger partial charge on any atom is -0.481 e. The Balaban J connectivity index is 1.64. The van der Waals surface area contributed by atoms with Crippen molar-refractivity contribution in [3.8, 4) is 22.5 Å². The highest BCUT2D eigenvalue weighted by Gasteiger charge is 2.34. The first-order valence-electron chi connectivity index (χ1n) is 14.2. The molecule has 3 N–H and O–H groups in total. The van der Waals surface area contributed by atoms with Gasteiger partial charge in [0.1, 0.15) is 17.2 Å². The van der Waals surface area contributed by atoms with E-state index in [4.69, 9.17) is 4.42 Å². The van der Waals surface area contributed by atoms with Crippen LogP contribution in [-0.4, -0.2) is 49.1 Å². The molecule has 8 nitrogen and oxygen atoms in total. The van der Waals surface area contributed by atoms with Crippen LogP contribution in [0.25, 0.3) is 33.4 Å². The van der Waals surface area contributed by atoms with Crippen molar-refractivity contribution in [2.45, 2.75) is 39.2 Å². The van der Waals surface area contributed by atoms with E-state index in [1.807, 2.05) is 32.0 Å². The molecule has 1 aliphatic carbocycles. The standard InChI is InChI=1S/C33H34FN3O5/c1-4-37(5-2)27-18-28-25(29(32(39)35-3)30(42-28)19-12-14-22(34)15-13-19)17-24(27)20-8-6-9-21(16-20)31(38)36-26-11-7-10-23(26)33(40)41/h6,8-9,12-18,23,26H,4-5,7,10-11H2,1-3H3,(H,35,39)(H,36,38)(H,40,41)/t23?,26-/m0/s1. The van der Waals surface area contributed by atoms with Gasteiger partial charge in [0.05, 0.1) is 11.5 Å². The zero-order chi connectivity index (χ0) is 30.0. The minimum absolute atomic E-state index is 0.326. The number of anilines is 1. The zero-order valence-electron chi connectivity index (χ0n) is 23.9. The maximum Gasteiger partial charge on any atom is 0.308 e. The Labute approximate surface area is 243 Å². The van der Waals surface area contributed by atoms with E-state index in [2.05, 4.69) is 15.5 Å². The average Bonchev–Trinajstić information content (AvgIpc) is 3.62. The van der Waals surface area contributed by atoms with E-state index in [-0.39, 0.29) is 11.8 Å². The number of nitrogens with zero attached hydrogens (tertiary/aromatic N) is 1. The number of carbonyl (C=O) groups is 3. The smallest absolute Gasteiger partial charge is 0.308 e. The monoisotopic (exact) mass is 571 g/mol. The summed E-state index contributed by atoms with van der Waals surface area (Å²) in [6.45, 7) is 5.51. The third-order valence-corrected chi connectivity index (χ3v) is 8.06. The van der Waals surface area contributed by atoms with E-state index in [0.717, 1.165) is 23.2 Å². The van der Waals surface area contributed by atoms with E-state index in [1.165, 1.54) is 12.1 Å². The molecule has 0 saturated heterocycles. The Bertz CT molecular complexity index is 1640. The van der Waals surface area contributed by atoms with E-state index >= 15 is 0 Å². The van der Waals surface area contributed by atoms with Crippen molar-refractivity contribution in [1.82, 2.24) is 10.6 Å². The highest BCUT2D eigenvalue weighted by Crippen LogP contribution is 2.41. The fourth-order valence-electron chi connectivity index (χ4n) is 5.85. The molecule has 42 heavy (non-hydrogen) atoms. The number of hydrogen-bond donors (Lipinski definition) is 3.